The Balaban J connectivity index is 1.59. The lowest BCUT2D eigenvalue weighted by molar-refractivity contribution is -0.128. The smallest absolute Gasteiger partial charge is 0.275 e. The van der Waals surface area contributed by atoms with Gasteiger partial charge in [-0.2, -0.15) is 5.10 Å². The number of carbonyl (C=O) groups is 2. The van der Waals surface area contributed by atoms with Crippen molar-refractivity contribution in [2.45, 2.75) is 19.9 Å². The first-order valence-corrected chi connectivity index (χ1v) is 8.99. The van der Waals surface area contributed by atoms with Gasteiger partial charge in [-0.25, -0.2) is 4.68 Å². The Morgan fingerprint density at radius 3 is 2.78 bits per heavy atom. The first-order chi connectivity index (χ1) is 13.0. The van der Waals surface area contributed by atoms with Gasteiger partial charge in [0.1, 0.15) is 6.54 Å². The average molecular weight is 372 g/mol. The zero-order valence-corrected chi connectivity index (χ0v) is 15.6. The van der Waals surface area contributed by atoms with Crippen LogP contribution in [-0.4, -0.2) is 59.8 Å². The number of rotatable bonds is 7. The maximum absolute atomic E-state index is 12.5. The van der Waals surface area contributed by atoms with E-state index in [4.69, 9.17) is 4.74 Å². The minimum Gasteiger partial charge on any atom is -0.383 e. The molecule has 0 aliphatic carbocycles. The van der Waals surface area contributed by atoms with Crippen LogP contribution in [0, 0.1) is 12.8 Å². The van der Waals surface area contributed by atoms with Gasteiger partial charge in [-0.3, -0.25) is 14.4 Å². The van der Waals surface area contributed by atoms with Crippen LogP contribution in [0.1, 0.15) is 12.1 Å². The number of hydrogen-bond acceptors (Lipinski definition) is 5. The molecule has 1 aromatic heterocycles. The number of likely N-dealkylation sites (tertiary alicyclic amines) is 1. The summed E-state index contributed by atoms with van der Waals surface area (Å²) in [5.41, 5.74) is 0.418. The van der Waals surface area contributed by atoms with E-state index in [1.807, 2.05) is 19.1 Å². The van der Waals surface area contributed by atoms with Gasteiger partial charge in [0.25, 0.3) is 5.56 Å². The van der Waals surface area contributed by atoms with Gasteiger partial charge >= 0.3 is 0 Å². The minimum absolute atomic E-state index is 0.0707. The lowest BCUT2D eigenvalue weighted by atomic mass is 10.1. The summed E-state index contributed by atoms with van der Waals surface area (Å²) in [4.78, 5) is 38.5. The van der Waals surface area contributed by atoms with Crippen molar-refractivity contribution in [1.82, 2.24) is 20.0 Å². The lowest BCUT2D eigenvalue weighted by Crippen LogP contribution is -2.37. The van der Waals surface area contributed by atoms with Gasteiger partial charge in [-0.15, -0.1) is 0 Å². The van der Waals surface area contributed by atoms with Crippen LogP contribution in [0.15, 0.2) is 29.1 Å². The highest BCUT2D eigenvalue weighted by Gasteiger charge is 2.29. The monoisotopic (exact) mass is 372 g/mol. The zero-order chi connectivity index (χ0) is 19.4. The third-order valence-corrected chi connectivity index (χ3v) is 4.79. The van der Waals surface area contributed by atoms with Crippen molar-refractivity contribution in [2.75, 3.05) is 33.4 Å². The van der Waals surface area contributed by atoms with Crippen LogP contribution in [0.4, 0.5) is 0 Å². The third-order valence-electron chi connectivity index (χ3n) is 4.79. The van der Waals surface area contributed by atoms with E-state index < -0.39 is 0 Å². The molecule has 1 aliphatic rings. The third kappa shape index (κ3) is 4.33. The van der Waals surface area contributed by atoms with E-state index >= 15 is 0 Å². The van der Waals surface area contributed by atoms with E-state index in [2.05, 4.69) is 10.4 Å². The number of amides is 2. The molecule has 0 saturated carbocycles. The molecule has 1 N–H and O–H groups in total. The number of aromatic nitrogens is 2. The van der Waals surface area contributed by atoms with Gasteiger partial charge in [0, 0.05) is 44.5 Å². The van der Waals surface area contributed by atoms with E-state index in [0.717, 1.165) is 5.39 Å². The zero-order valence-electron chi connectivity index (χ0n) is 15.6. The maximum atomic E-state index is 12.5. The summed E-state index contributed by atoms with van der Waals surface area (Å²) < 4.78 is 6.19. The second kappa shape index (κ2) is 8.30. The van der Waals surface area contributed by atoms with E-state index in [-0.39, 0.29) is 29.8 Å². The summed E-state index contributed by atoms with van der Waals surface area (Å²) in [5, 5.41) is 8.40. The van der Waals surface area contributed by atoms with Crippen LogP contribution in [0.25, 0.3) is 10.8 Å². The standard InChI is InChI=1S/C19H24N4O4/c1-13-15-5-3-4-6-16(15)19(26)23(21-13)12-17(24)20-10-14-9-18(25)22(11-14)7-8-27-2/h3-6,14H,7-12H2,1-2H3,(H,20,24). The molecule has 1 aromatic carbocycles. The van der Waals surface area contributed by atoms with Crippen molar-refractivity contribution in [2.24, 2.45) is 5.92 Å². The highest BCUT2D eigenvalue weighted by atomic mass is 16.5. The summed E-state index contributed by atoms with van der Waals surface area (Å²) in [7, 11) is 1.60. The molecule has 0 bridgehead atoms. The quantitative estimate of drug-likeness (QED) is 0.755. The SMILES string of the molecule is COCCN1CC(CNC(=O)Cn2nc(C)c3ccccc3c2=O)CC1=O. The summed E-state index contributed by atoms with van der Waals surface area (Å²) in [6.07, 6.45) is 0.414. The molecule has 3 rings (SSSR count). The Morgan fingerprint density at radius 1 is 1.30 bits per heavy atom. The van der Waals surface area contributed by atoms with Gasteiger partial charge in [0.2, 0.25) is 11.8 Å². The number of methoxy groups -OCH3 is 1. The normalized spacial score (nSPS) is 16.9. The highest BCUT2D eigenvalue weighted by molar-refractivity contribution is 5.84. The minimum atomic E-state index is -0.290. The Hall–Kier alpha value is -2.74. The van der Waals surface area contributed by atoms with Crippen molar-refractivity contribution >= 4 is 22.6 Å². The molecule has 0 radical (unpaired) electrons. The lowest BCUT2D eigenvalue weighted by Gasteiger charge is -2.16. The molecule has 0 spiro atoms. The second-order valence-electron chi connectivity index (χ2n) is 6.80. The molecule has 144 valence electrons. The molecule has 8 nitrogen and oxygen atoms in total. The molecule has 8 heteroatoms. The van der Waals surface area contributed by atoms with Crippen molar-refractivity contribution in [3.63, 3.8) is 0 Å². The number of ether oxygens (including phenoxy) is 1. The Bertz CT molecular complexity index is 908. The molecule has 1 atom stereocenters. The van der Waals surface area contributed by atoms with Crippen molar-refractivity contribution < 1.29 is 14.3 Å². The summed E-state index contributed by atoms with van der Waals surface area (Å²) in [6.45, 7) is 3.74. The molecule has 1 aliphatic heterocycles. The molecule has 27 heavy (non-hydrogen) atoms. The van der Waals surface area contributed by atoms with Crippen LogP contribution in [0.2, 0.25) is 0 Å². The maximum Gasteiger partial charge on any atom is 0.275 e. The number of fused-ring (bicyclic) bond motifs is 1. The number of nitrogens with zero attached hydrogens (tertiary/aromatic N) is 3. The van der Waals surface area contributed by atoms with E-state index in [1.165, 1.54) is 4.68 Å². The fourth-order valence-electron chi connectivity index (χ4n) is 3.37. The molecule has 2 heterocycles. The molecule has 1 fully saturated rings. The first kappa shape index (κ1) is 19.0. The van der Waals surface area contributed by atoms with E-state index in [0.29, 0.717) is 43.7 Å². The van der Waals surface area contributed by atoms with E-state index in [1.54, 1.807) is 24.1 Å². The summed E-state index contributed by atoms with van der Waals surface area (Å²) >= 11 is 0. The van der Waals surface area contributed by atoms with Crippen LogP contribution in [-0.2, 0) is 20.9 Å². The largest absolute Gasteiger partial charge is 0.383 e. The summed E-state index contributed by atoms with van der Waals surface area (Å²) in [6, 6.07) is 7.22. The Morgan fingerprint density at radius 2 is 2.04 bits per heavy atom. The molecular formula is C19H24N4O4. The van der Waals surface area contributed by atoms with Crippen molar-refractivity contribution in [1.29, 1.82) is 0 Å². The fourth-order valence-corrected chi connectivity index (χ4v) is 3.37. The predicted molar refractivity (Wildman–Crippen MR) is 100 cm³/mol. The van der Waals surface area contributed by atoms with Gasteiger partial charge < -0.3 is 15.0 Å². The first-order valence-electron chi connectivity index (χ1n) is 8.99. The van der Waals surface area contributed by atoms with E-state index in [9.17, 15) is 14.4 Å². The van der Waals surface area contributed by atoms with Gasteiger partial charge in [-0.1, -0.05) is 18.2 Å². The summed E-state index contributed by atoms with van der Waals surface area (Å²) in [5.74, 6) is -0.141. The molecule has 1 unspecified atom stereocenters. The number of hydrogen-bond donors (Lipinski definition) is 1. The van der Waals surface area contributed by atoms with Crippen LogP contribution >= 0.6 is 0 Å². The average Bonchev–Trinajstić information content (AvgIpc) is 3.02. The number of nitrogens with one attached hydrogen (secondary N) is 1. The number of benzene rings is 1. The molecular weight excluding hydrogens is 348 g/mol. The fraction of sp³-hybridized carbons (Fsp3) is 0.474. The molecule has 1 saturated heterocycles. The van der Waals surface area contributed by atoms with Crippen molar-refractivity contribution in [3.05, 3.63) is 40.3 Å². The highest BCUT2D eigenvalue weighted by Crippen LogP contribution is 2.16. The molecule has 2 amide bonds. The number of carbonyl (C=O) groups excluding carboxylic acids is 2. The Labute approximate surface area is 157 Å². The topological polar surface area (TPSA) is 93.5 Å². The Kier molecular flexibility index (Phi) is 5.85. The van der Waals surface area contributed by atoms with Crippen LogP contribution in [0.5, 0.6) is 0 Å². The predicted octanol–water partition coefficient (Wildman–Crippen LogP) is 0.316. The van der Waals surface area contributed by atoms with Crippen LogP contribution in [0.3, 0.4) is 0 Å². The molecule has 2 aromatic rings. The van der Waals surface area contributed by atoms with Crippen LogP contribution < -0.4 is 10.9 Å². The van der Waals surface area contributed by atoms with Crippen molar-refractivity contribution in [3.8, 4) is 0 Å². The van der Waals surface area contributed by atoms with Gasteiger partial charge in [-0.05, 0) is 13.0 Å². The van der Waals surface area contributed by atoms with Gasteiger partial charge in [0.05, 0.1) is 17.7 Å². The number of aryl methyl sites for hydroxylation is 1. The van der Waals surface area contributed by atoms with Gasteiger partial charge in [0.15, 0.2) is 0 Å². The second-order valence-corrected chi connectivity index (χ2v) is 6.80.